The molecule has 2 aromatic carbocycles. The summed E-state index contributed by atoms with van der Waals surface area (Å²) < 4.78 is 13.4. The normalized spacial score (nSPS) is 21.9. The number of carbonyl (C=O) groups excluding carboxylic acids is 2. The van der Waals surface area contributed by atoms with Crippen molar-refractivity contribution in [1.29, 1.82) is 0 Å². The smallest absolute Gasteiger partial charge is 0.251 e. The predicted octanol–water partition coefficient (Wildman–Crippen LogP) is 3.39. The van der Waals surface area contributed by atoms with Crippen molar-refractivity contribution in [3.63, 3.8) is 0 Å². The summed E-state index contributed by atoms with van der Waals surface area (Å²) in [5.41, 5.74) is 2.35. The minimum Gasteiger partial charge on any atom is -0.349 e. The maximum absolute atomic E-state index is 13.4. The fourth-order valence-corrected chi connectivity index (χ4v) is 4.81. The molecule has 4 rings (SSSR count). The summed E-state index contributed by atoms with van der Waals surface area (Å²) in [5.74, 6) is -0.441. The largest absolute Gasteiger partial charge is 0.349 e. The maximum atomic E-state index is 13.4. The molecule has 0 atom stereocenters. The van der Waals surface area contributed by atoms with Gasteiger partial charge in [0.1, 0.15) is 5.82 Å². The first-order chi connectivity index (χ1) is 15.0. The lowest BCUT2D eigenvalue weighted by Crippen LogP contribution is -2.63. The third kappa shape index (κ3) is 5.50. The topological polar surface area (TPSA) is 61.4 Å². The Bertz CT molecular complexity index is 899. The van der Waals surface area contributed by atoms with Gasteiger partial charge in [-0.2, -0.15) is 0 Å². The van der Waals surface area contributed by atoms with E-state index in [1.165, 1.54) is 43.4 Å². The third-order valence-electron chi connectivity index (χ3n) is 6.47. The molecule has 1 aliphatic heterocycles. The zero-order valence-electron chi connectivity index (χ0n) is 17.9. The van der Waals surface area contributed by atoms with Gasteiger partial charge in [-0.25, -0.2) is 4.39 Å². The lowest BCUT2D eigenvalue weighted by atomic mass is 9.80. The molecule has 0 aromatic heterocycles. The number of nitrogens with zero attached hydrogens (tertiary/aromatic N) is 1. The lowest BCUT2D eigenvalue weighted by molar-refractivity contribution is -0.122. The summed E-state index contributed by atoms with van der Waals surface area (Å²) in [4.78, 5) is 26.8. The summed E-state index contributed by atoms with van der Waals surface area (Å²) in [6, 6.07) is 15.6. The van der Waals surface area contributed by atoms with Crippen LogP contribution in [0.3, 0.4) is 0 Å². The van der Waals surface area contributed by atoms with E-state index < -0.39 is 11.7 Å². The highest BCUT2D eigenvalue weighted by Crippen LogP contribution is 2.35. The molecule has 0 radical (unpaired) electrons. The quantitative estimate of drug-likeness (QED) is 0.749. The number of aryl methyl sites for hydroxylation is 1. The van der Waals surface area contributed by atoms with E-state index in [0.29, 0.717) is 17.5 Å². The summed E-state index contributed by atoms with van der Waals surface area (Å²) in [5, 5.41) is 5.55. The van der Waals surface area contributed by atoms with Gasteiger partial charge in [0.05, 0.1) is 12.6 Å². The molecule has 0 unspecified atom stereocenters. The van der Waals surface area contributed by atoms with Gasteiger partial charge in [-0.1, -0.05) is 30.3 Å². The Balaban J connectivity index is 1.15. The van der Waals surface area contributed by atoms with Crippen LogP contribution in [0.1, 0.15) is 53.1 Å². The number of amides is 2. The van der Waals surface area contributed by atoms with Gasteiger partial charge in [0.25, 0.3) is 5.91 Å². The first kappa shape index (κ1) is 21.5. The summed E-state index contributed by atoms with van der Waals surface area (Å²) in [6.45, 7) is 3.35. The van der Waals surface area contributed by atoms with Crippen LogP contribution in [-0.4, -0.2) is 48.4 Å². The SMILES string of the molecule is Cc1cc(F)cc(C(=O)NCC(=O)NC2CN(C3CCC(c4ccccc4)CC3)C2)c1. The molecule has 1 saturated carbocycles. The molecule has 5 nitrogen and oxygen atoms in total. The summed E-state index contributed by atoms with van der Waals surface area (Å²) in [6.07, 6.45) is 4.83. The van der Waals surface area contributed by atoms with Gasteiger partial charge in [-0.15, -0.1) is 0 Å². The van der Waals surface area contributed by atoms with E-state index in [2.05, 4.69) is 45.9 Å². The fraction of sp³-hybridized carbons (Fsp3) is 0.440. The first-order valence-corrected chi connectivity index (χ1v) is 11.1. The molecule has 1 saturated heterocycles. The number of benzene rings is 2. The molecule has 6 heteroatoms. The minimum absolute atomic E-state index is 0.104. The highest BCUT2D eigenvalue weighted by molar-refractivity contribution is 5.96. The van der Waals surface area contributed by atoms with Crippen LogP contribution in [0.4, 0.5) is 4.39 Å². The van der Waals surface area contributed by atoms with Crippen LogP contribution in [0.5, 0.6) is 0 Å². The number of nitrogens with one attached hydrogen (secondary N) is 2. The summed E-state index contributed by atoms with van der Waals surface area (Å²) >= 11 is 0. The van der Waals surface area contributed by atoms with Crippen molar-refractivity contribution in [2.24, 2.45) is 0 Å². The van der Waals surface area contributed by atoms with E-state index in [1.807, 2.05) is 0 Å². The first-order valence-electron chi connectivity index (χ1n) is 11.1. The number of rotatable bonds is 6. The van der Waals surface area contributed by atoms with Crippen molar-refractivity contribution in [3.05, 3.63) is 71.0 Å². The molecule has 31 heavy (non-hydrogen) atoms. The van der Waals surface area contributed by atoms with Gasteiger partial charge in [-0.3, -0.25) is 14.5 Å². The zero-order valence-corrected chi connectivity index (χ0v) is 17.9. The number of hydrogen-bond donors (Lipinski definition) is 2. The van der Waals surface area contributed by atoms with Crippen molar-refractivity contribution in [2.45, 2.75) is 50.6 Å². The monoisotopic (exact) mass is 423 g/mol. The Morgan fingerprint density at radius 1 is 1.03 bits per heavy atom. The fourth-order valence-electron chi connectivity index (χ4n) is 4.81. The average Bonchev–Trinajstić information content (AvgIpc) is 2.74. The lowest BCUT2D eigenvalue weighted by Gasteiger charge is -2.46. The van der Waals surface area contributed by atoms with E-state index in [9.17, 15) is 14.0 Å². The van der Waals surface area contributed by atoms with Crippen LogP contribution in [0.25, 0.3) is 0 Å². The molecule has 1 heterocycles. The number of likely N-dealkylation sites (tertiary alicyclic amines) is 1. The van der Waals surface area contributed by atoms with Gasteiger partial charge in [0.15, 0.2) is 0 Å². The molecule has 0 bridgehead atoms. The van der Waals surface area contributed by atoms with E-state index >= 15 is 0 Å². The average molecular weight is 424 g/mol. The van der Waals surface area contributed by atoms with Crippen molar-refractivity contribution in [1.82, 2.24) is 15.5 Å². The molecule has 1 aliphatic carbocycles. The summed E-state index contributed by atoms with van der Waals surface area (Å²) in [7, 11) is 0. The van der Waals surface area contributed by atoms with Gasteiger partial charge in [0, 0.05) is 24.7 Å². The van der Waals surface area contributed by atoms with Crippen molar-refractivity contribution in [3.8, 4) is 0 Å². The van der Waals surface area contributed by atoms with Crippen LogP contribution in [-0.2, 0) is 4.79 Å². The highest BCUT2D eigenvalue weighted by Gasteiger charge is 2.35. The molecular weight excluding hydrogens is 393 g/mol. The number of carbonyl (C=O) groups is 2. The Hall–Kier alpha value is -2.73. The molecular formula is C25H30FN3O2. The predicted molar refractivity (Wildman–Crippen MR) is 118 cm³/mol. The van der Waals surface area contributed by atoms with Crippen molar-refractivity contribution in [2.75, 3.05) is 19.6 Å². The number of halogens is 1. The van der Waals surface area contributed by atoms with Crippen LogP contribution >= 0.6 is 0 Å². The molecule has 2 aliphatic rings. The van der Waals surface area contributed by atoms with Gasteiger partial charge >= 0.3 is 0 Å². The third-order valence-corrected chi connectivity index (χ3v) is 6.47. The van der Waals surface area contributed by atoms with E-state index in [1.54, 1.807) is 13.0 Å². The van der Waals surface area contributed by atoms with Gasteiger partial charge < -0.3 is 10.6 Å². The Labute approximate surface area is 183 Å². The van der Waals surface area contributed by atoms with Crippen LogP contribution in [0, 0.1) is 12.7 Å². The second-order valence-electron chi connectivity index (χ2n) is 8.83. The Kier molecular flexibility index (Phi) is 6.66. The van der Waals surface area contributed by atoms with Gasteiger partial charge in [0.2, 0.25) is 5.91 Å². The molecule has 2 aromatic rings. The molecule has 2 N–H and O–H groups in total. The highest BCUT2D eigenvalue weighted by atomic mass is 19.1. The van der Waals surface area contributed by atoms with E-state index in [0.717, 1.165) is 13.1 Å². The molecule has 164 valence electrons. The van der Waals surface area contributed by atoms with E-state index in [4.69, 9.17) is 0 Å². The molecule has 0 spiro atoms. The Morgan fingerprint density at radius 3 is 2.42 bits per heavy atom. The second kappa shape index (κ2) is 9.60. The maximum Gasteiger partial charge on any atom is 0.251 e. The minimum atomic E-state index is -0.457. The van der Waals surface area contributed by atoms with Crippen LogP contribution in [0.2, 0.25) is 0 Å². The van der Waals surface area contributed by atoms with Gasteiger partial charge in [-0.05, 0) is 67.9 Å². The van der Waals surface area contributed by atoms with E-state index in [-0.39, 0.29) is 24.1 Å². The van der Waals surface area contributed by atoms with Crippen molar-refractivity contribution >= 4 is 11.8 Å². The Morgan fingerprint density at radius 2 is 1.74 bits per heavy atom. The van der Waals surface area contributed by atoms with Crippen LogP contribution < -0.4 is 10.6 Å². The number of hydrogen-bond acceptors (Lipinski definition) is 3. The van der Waals surface area contributed by atoms with Crippen LogP contribution in [0.15, 0.2) is 48.5 Å². The van der Waals surface area contributed by atoms with Crippen molar-refractivity contribution < 1.29 is 14.0 Å². The molecule has 2 amide bonds. The second-order valence-corrected chi connectivity index (χ2v) is 8.83. The molecule has 2 fully saturated rings. The zero-order chi connectivity index (χ0) is 21.8. The standard InChI is InChI=1S/C25H30FN3O2/c1-17-11-20(13-21(26)12-17)25(31)27-14-24(30)28-22-15-29(16-22)23-9-7-19(8-10-23)18-5-3-2-4-6-18/h2-6,11-13,19,22-23H,7-10,14-16H2,1H3,(H,27,31)(H,28,30).